The Balaban J connectivity index is 1.72. The van der Waals surface area contributed by atoms with Gasteiger partial charge in [-0.2, -0.15) is 0 Å². The second-order valence-electron chi connectivity index (χ2n) is 6.60. The third-order valence-electron chi connectivity index (χ3n) is 4.84. The van der Waals surface area contributed by atoms with Crippen molar-refractivity contribution in [3.8, 4) is 5.75 Å². The summed E-state index contributed by atoms with van der Waals surface area (Å²) in [5.74, 6) is 0.171. The number of aryl methyl sites for hydroxylation is 1. The van der Waals surface area contributed by atoms with Gasteiger partial charge in [-0.1, -0.05) is 36.4 Å². The summed E-state index contributed by atoms with van der Waals surface area (Å²) in [6.45, 7) is 3.83. The minimum Gasteiger partial charge on any atom is -0.467 e. The van der Waals surface area contributed by atoms with Crippen LogP contribution in [0.25, 0.3) is 0 Å². The smallest absolute Gasteiger partial charge is 0.236 e. The Bertz CT molecular complexity index is 869. The summed E-state index contributed by atoms with van der Waals surface area (Å²) in [4.78, 5) is 13.1. The second-order valence-corrected chi connectivity index (χ2v) is 7.01. The molecular formula is C19H19N3O2S. The van der Waals surface area contributed by atoms with E-state index < -0.39 is 11.6 Å². The van der Waals surface area contributed by atoms with E-state index in [1.165, 1.54) is 0 Å². The van der Waals surface area contributed by atoms with E-state index in [2.05, 4.69) is 16.0 Å². The number of fused-ring (bicyclic) bond motifs is 4. The molecule has 0 radical (unpaired) electrons. The highest BCUT2D eigenvalue weighted by Gasteiger charge is 2.54. The number of carbonyl (C=O) groups excluding carboxylic acids is 1. The van der Waals surface area contributed by atoms with Gasteiger partial charge in [0.1, 0.15) is 11.7 Å². The number of thiocarbonyl (C=S) groups is 1. The Morgan fingerprint density at radius 2 is 1.92 bits per heavy atom. The SMILES string of the molecule is Cc1ccccc1NC(=O)[C@H]1[C@H]2NC(=S)N[C@]1(C)Oc1ccccc12. The molecule has 6 heteroatoms. The van der Waals surface area contributed by atoms with Gasteiger partial charge in [-0.3, -0.25) is 4.79 Å². The summed E-state index contributed by atoms with van der Waals surface area (Å²) < 4.78 is 6.16. The number of hydrogen-bond donors (Lipinski definition) is 3. The van der Waals surface area contributed by atoms with E-state index in [4.69, 9.17) is 17.0 Å². The zero-order chi connectivity index (χ0) is 17.6. The lowest BCUT2D eigenvalue weighted by atomic mass is 9.80. The molecule has 0 unspecified atom stereocenters. The maximum atomic E-state index is 13.1. The standard InChI is InChI=1S/C19H19N3O2S/c1-11-7-3-5-9-13(11)20-17(23)15-16-12-8-4-6-10-14(12)24-19(15,2)22-18(25)21-16/h3-10,15-16H,1-2H3,(H,20,23)(H2,21,22,25)/t15-,16+,19-/m1/s1. The van der Waals surface area contributed by atoms with E-state index in [0.717, 1.165) is 22.6 Å². The first-order valence-electron chi connectivity index (χ1n) is 8.21. The lowest BCUT2D eigenvalue weighted by Gasteiger charge is -2.50. The number of nitrogens with one attached hydrogen (secondary N) is 3. The molecule has 1 fully saturated rings. The van der Waals surface area contributed by atoms with Crippen molar-refractivity contribution in [2.45, 2.75) is 25.6 Å². The molecule has 2 aromatic carbocycles. The lowest BCUT2D eigenvalue weighted by molar-refractivity contribution is -0.132. The third-order valence-corrected chi connectivity index (χ3v) is 5.06. The topological polar surface area (TPSA) is 62.4 Å². The molecule has 3 atom stereocenters. The summed E-state index contributed by atoms with van der Waals surface area (Å²) in [5, 5.41) is 9.90. The summed E-state index contributed by atoms with van der Waals surface area (Å²) in [7, 11) is 0. The molecule has 0 saturated carbocycles. The van der Waals surface area contributed by atoms with Crippen molar-refractivity contribution in [1.82, 2.24) is 10.6 Å². The van der Waals surface area contributed by atoms with E-state index in [-0.39, 0.29) is 11.9 Å². The number of amides is 1. The molecule has 128 valence electrons. The van der Waals surface area contributed by atoms with Gasteiger partial charge in [-0.15, -0.1) is 0 Å². The number of ether oxygens (including phenoxy) is 1. The van der Waals surface area contributed by atoms with Gasteiger partial charge in [0, 0.05) is 11.3 Å². The first kappa shape index (κ1) is 15.9. The Labute approximate surface area is 151 Å². The molecule has 2 bridgehead atoms. The van der Waals surface area contributed by atoms with Gasteiger partial charge in [-0.25, -0.2) is 0 Å². The molecule has 4 rings (SSSR count). The van der Waals surface area contributed by atoms with Gasteiger partial charge in [-0.05, 0) is 43.8 Å². The predicted octanol–water partition coefficient (Wildman–Crippen LogP) is 2.88. The maximum Gasteiger partial charge on any atom is 0.236 e. The van der Waals surface area contributed by atoms with Crippen molar-refractivity contribution in [3.63, 3.8) is 0 Å². The van der Waals surface area contributed by atoms with Crippen LogP contribution in [-0.4, -0.2) is 16.7 Å². The number of carbonyl (C=O) groups is 1. The van der Waals surface area contributed by atoms with Crippen molar-refractivity contribution in [3.05, 3.63) is 59.7 Å². The highest BCUT2D eigenvalue weighted by atomic mass is 32.1. The molecule has 2 aliphatic rings. The highest BCUT2D eigenvalue weighted by Crippen LogP contribution is 2.45. The number of benzene rings is 2. The van der Waals surface area contributed by atoms with Gasteiger partial charge in [0.2, 0.25) is 5.91 Å². The Morgan fingerprint density at radius 1 is 1.20 bits per heavy atom. The number of para-hydroxylation sites is 2. The van der Waals surface area contributed by atoms with Crippen LogP contribution in [0, 0.1) is 12.8 Å². The zero-order valence-corrected chi connectivity index (χ0v) is 14.8. The number of hydrogen-bond acceptors (Lipinski definition) is 3. The van der Waals surface area contributed by atoms with Crippen molar-refractivity contribution in [1.29, 1.82) is 0 Å². The average Bonchev–Trinajstić information content (AvgIpc) is 2.55. The Hall–Kier alpha value is -2.60. The fraction of sp³-hybridized carbons (Fsp3) is 0.263. The van der Waals surface area contributed by atoms with Crippen LogP contribution >= 0.6 is 12.2 Å². The first-order valence-corrected chi connectivity index (χ1v) is 8.62. The van der Waals surface area contributed by atoms with E-state index in [1.807, 2.05) is 62.4 Å². The largest absolute Gasteiger partial charge is 0.467 e. The monoisotopic (exact) mass is 353 g/mol. The van der Waals surface area contributed by atoms with Crippen LogP contribution in [0.1, 0.15) is 24.1 Å². The fourth-order valence-corrected chi connectivity index (χ4v) is 3.94. The van der Waals surface area contributed by atoms with Gasteiger partial charge in [0.25, 0.3) is 0 Å². The van der Waals surface area contributed by atoms with Gasteiger partial charge < -0.3 is 20.7 Å². The Morgan fingerprint density at radius 3 is 2.72 bits per heavy atom. The van der Waals surface area contributed by atoms with E-state index >= 15 is 0 Å². The molecular weight excluding hydrogens is 334 g/mol. The van der Waals surface area contributed by atoms with Crippen LogP contribution in [0.4, 0.5) is 5.69 Å². The molecule has 0 aliphatic carbocycles. The van der Waals surface area contributed by atoms with E-state index in [1.54, 1.807) is 0 Å². The van der Waals surface area contributed by atoms with Crippen molar-refractivity contribution < 1.29 is 9.53 Å². The van der Waals surface area contributed by atoms with Gasteiger partial charge >= 0.3 is 0 Å². The molecule has 2 heterocycles. The van der Waals surface area contributed by atoms with Crippen LogP contribution < -0.4 is 20.7 Å². The zero-order valence-electron chi connectivity index (χ0n) is 14.0. The molecule has 3 N–H and O–H groups in total. The maximum absolute atomic E-state index is 13.1. The van der Waals surface area contributed by atoms with Crippen molar-refractivity contribution in [2.75, 3.05) is 5.32 Å². The lowest BCUT2D eigenvalue weighted by Crippen LogP contribution is -2.70. The molecule has 0 aromatic heterocycles. The molecule has 2 aromatic rings. The second kappa shape index (κ2) is 5.74. The van der Waals surface area contributed by atoms with Crippen molar-refractivity contribution >= 4 is 28.9 Å². The van der Waals surface area contributed by atoms with Crippen LogP contribution in [-0.2, 0) is 4.79 Å². The summed E-state index contributed by atoms with van der Waals surface area (Å²) in [5.41, 5.74) is 1.85. The molecule has 1 saturated heterocycles. The molecule has 1 amide bonds. The number of rotatable bonds is 2. The first-order chi connectivity index (χ1) is 12.0. The molecule has 0 spiro atoms. The van der Waals surface area contributed by atoms with Crippen LogP contribution in [0.3, 0.4) is 0 Å². The highest BCUT2D eigenvalue weighted by molar-refractivity contribution is 7.80. The number of anilines is 1. The van der Waals surface area contributed by atoms with E-state index in [9.17, 15) is 4.79 Å². The summed E-state index contributed by atoms with van der Waals surface area (Å²) in [6.07, 6.45) is 0. The third kappa shape index (κ3) is 2.62. The van der Waals surface area contributed by atoms with Gasteiger partial charge in [0.05, 0.1) is 6.04 Å². The van der Waals surface area contributed by atoms with Gasteiger partial charge in [0.15, 0.2) is 10.8 Å². The Kier molecular flexibility index (Phi) is 3.65. The fourth-order valence-electron chi connectivity index (χ4n) is 3.61. The summed E-state index contributed by atoms with van der Waals surface area (Å²) >= 11 is 5.32. The molecule has 5 nitrogen and oxygen atoms in total. The van der Waals surface area contributed by atoms with E-state index in [0.29, 0.717) is 5.11 Å². The normalized spacial score (nSPS) is 26.6. The minimum absolute atomic E-state index is 0.112. The van der Waals surface area contributed by atoms with Crippen molar-refractivity contribution in [2.24, 2.45) is 5.92 Å². The minimum atomic E-state index is -0.909. The molecule has 2 aliphatic heterocycles. The summed E-state index contributed by atoms with van der Waals surface area (Å²) in [6, 6.07) is 15.2. The predicted molar refractivity (Wildman–Crippen MR) is 100 cm³/mol. The van der Waals surface area contributed by atoms with Crippen LogP contribution in [0.2, 0.25) is 0 Å². The quantitative estimate of drug-likeness (QED) is 0.725. The molecule has 25 heavy (non-hydrogen) atoms. The van der Waals surface area contributed by atoms with Crippen LogP contribution in [0.5, 0.6) is 5.75 Å². The average molecular weight is 353 g/mol. The van der Waals surface area contributed by atoms with Crippen LogP contribution in [0.15, 0.2) is 48.5 Å².